The van der Waals surface area contributed by atoms with Crippen LogP contribution in [0.5, 0.6) is 11.5 Å². The number of fused-ring (bicyclic) bond motifs is 1. The quantitative estimate of drug-likeness (QED) is 0.384. The van der Waals surface area contributed by atoms with Gasteiger partial charge in [-0.1, -0.05) is 0 Å². The molecule has 0 spiro atoms. The third-order valence-corrected chi connectivity index (χ3v) is 5.34. The van der Waals surface area contributed by atoms with E-state index in [-0.39, 0.29) is 22.6 Å². The summed E-state index contributed by atoms with van der Waals surface area (Å²) in [6, 6.07) is 11.3. The average Bonchev–Trinajstić information content (AvgIpc) is 3.27. The molecular formula is C24H20F4N4O3. The standard InChI is InChI=1S/C24H20F4N4O3/c1-13(17-10-16(34-2)8-9-20(17)35-3)29-23(33)19-12-22-30-18(14-4-6-15(25)7-5-14)11-21(24(26,27)28)32(22)31-19/h4-13H,1-3H3,(H,29,33). The zero-order valence-corrected chi connectivity index (χ0v) is 18.9. The Morgan fingerprint density at radius 3 is 2.37 bits per heavy atom. The minimum atomic E-state index is -4.78. The van der Waals surface area contributed by atoms with Crippen LogP contribution in [0.25, 0.3) is 16.9 Å². The van der Waals surface area contributed by atoms with E-state index >= 15 is 0 Å². The van der Waals surface area contributed by atoms with Crippen LogP contribution in [0.3, 0.4) is 0 Å². The molecule has 2 heterocycles. The number of benzene rings is 2. The molecule has 4 aromatic rings. The minimum Gasteiger partial charge on any atom is -0.497 e. The number of hydrogen-bond acceptors (Lipinski definition) is 5. The van der Waals surface area contributed by atoms with Gasteiger partial charge in [0.05, 0.1) is 26.0 Å². The van der Waals surface area contributed by atoms with Crippen LogP contribution in [0.1, 0.15) is 34.7 Å². The zero-order chi connectivity index (χ0) is 25.3. The molecule has 1 amide bonds. The second-order valence-corrected chi connectivity index (χ2v) is 7.63. The van der Waals surface area contributed by atoms with E-state index in [1.165, 1.54) is 26.4 Å². The van der Waals surface area contributed by atoms with Crippen molar-refractivity contribution in [2.45, 2.75) is 19.1 Å². The molecule has 182 valence electrons. The molecule has 0 bridgehead atoms. The van der Waals surface area contributed by atoms with Crippen molar-refractivity contribution >= 4 is 11.6 Å². The Morgan fingerprint density at radius 1 is 1.03 bits per heavy atom. The van der Waals surface area contributed by atoms with Crippen molar-refractivity contribution in [3.05, 3.63) is 77.4 Å². The number of hydrogen-bond donors (Lipinski definition) is 1. The van der Waals surface area contributed by atoms with E-state index < -0.39 is 29.6 Å². The van der Waals surface area contributed by atoms with E-state index in [1.54, 1.807) is 25.1 Å². The molecule has 1 atom stereocenters. The number of halogens is 4. The van der Waals surface area contributed by atoms with Gasteiger partial charge >= 0.3 is 6.18 Å². The Labute approximate surface area is 197 Å². The molecule has 11 heteroatoms. The molecule has 1 unspecified atom stereocenters. The lowest BCUT2D eigenvalue weighted by molar-refractivity contribution is -0.142. The van der Waals surface area contributed by atoms with Gasteiger partial charge in [0, 0.05) is 17.2 Å². The first-order valence-corrected chi connectivity index (χ1v) is 10.4. The van der Waals surface area contributed by atoms with Gasteiger partial charge in [0.25, 0.3) is 5.91 Å². The summed E-state index contributed by atoms with van der Waals surface area (Å²) in [6.45, 7) is 1.69. The van der Waals surface area contributed by atoms with Gasteiger partial charge in [0.1, 0.15) is 17.3 Å². The largest absolute Gasteiger partial charge is 0.497 e. The first-order valence-electron chi connectivity index (χ1n) is 10.4. The Hall–Kier alpha value is -4.15. The van der Waals surface area contributed by atoms with E-state index in [4.69, 9.17) is 9.47 Å². The first-order chi connectivity index (χ1) is 16.6. The number of alkyl halides is 3. The molecule has 0 aliphatic carbocycles. The third kappa shape index (κ3) is 4.88. The summed E-state index contributed by atoms with van der Waals surface area (Å²) in [5.74, 6) is -0.194. The molecule has 0 saturated heterocycles. The van der Waals surface area contributed by atoms with E-state index in [2.05, 4.69) is 15.4 Å². The maximum Gasteiger partial charge on any atom is 0.433 e. The monoisotopic (exact) mass is 488 g/mol. The number of aromatic nitrogens is 3. The number of rotatable bonds is 6. The SMILES string of the molecule is COc1ccc(OC)c(C(C)NC(=O)c2cc3nc(-c4ccc(F)cc4)cc(C(F)(F)F)n3n2)c1. The van der Waals surface area contributed by atoms with Crippen molar-refractivity contribution in [2.75, 3.05) is 14.2 Å². The van der Waals surface area contributed by atoms with Crippen LogP contribution >= 0.6 is 0 Å². The molecule has 0 fully saturated rings. The van der Waals surface area contributed by atoms with Crippen LogP contribution < -0.4 is 14.8 Å². The molecule has 0 aliphatic rings. The number of methoxy groups -OCH3 is 2. The van der Waals surface area contributed by atoms with Gasteiger partial charge in [0.15, 0.2) is 17.0 Å². The Kier molecular flexibility index (Phi) is 6.33. The van der Waals surface area contributed by atoms with Gasteiger partial charge in [-0.15, -0.1) is 0 Å². The number of amides is 1. The van der Waals surface area contributed by atoms with E-state index in [0.717, 1.165) is 24.3 Å². The summed E-state index contributed by atoms with van der Waals surface area (Å²) in [7, 11) is 2.97. The summed E-state index contributed by atoms with van der Waals surface area (Å²) >= 11 is 0. The summed E-state index contributed by atoms with van der Waals surface area (Å²) < 4.78 is 65.8. The zero-order valence-electron chi connectivity index (χ0n) is 18.9. The molecule has 2 aromatic carbocycles. The van der Waals surface area contributed by atoms with E-state index in [9.17, 15) is 22.4 Å². The summed E-state index contributed by atoms with van der Waals surface area (Å²) in [5.41, 5.74) is -0.708. The van der Waals surface area contributed by atoms with E-state index in [1.807, 2.05) is 0 Å². The van der Waals surface area contributed by atoms with Gasteiger partial charge in [0.2, 0.25) is 0 Å². The highest BCUT2D eigenvalue weighted by molar-refractivity contribution is 5.93. The predicted octanol–water partition coefficient (Wildman–Crippen LogP) is 5.06. The third-order valence-electron chi connectivity index (χ3n) is 5.34. The average molecular weight is 488 g/mol. The fourth-order valence-electron chi connectivity index (χ4n) is 3.58. The van der Waals surface area contributed by atoms with Crippen LogP contribution in [0, 0.1) is 5.82 Å². The lowest BCUT2D eigenvalue weighted by Gasteiger charge is -2.17. The van der Waals surface area contributed by atoms with Gasteiger partial charge in [-0.3, -0.25) is 4.79 Å². The van der Waals surface area contributed by atoms with Crippen LogP contribution in [0.2, 0.25) is 0 Å². The van der Waals surface area contributed by atoms with Crippen LogP contribution in [-0.2, 0) is 6.18 Å². The smallest absolute Gasteiger partial charge is 0.433 e. The van der Waals surface area contributed by atoms with Gasteiger partial charge < -0.3 is 14.8 Å². The van der Waals surface area contributed by atoms with Crippen molar-refractivity contribution in [1.29, 1.82) is 0 Å². The van der Waals surface area contributed by atoms with Crippen molar-refractivity contribution < 1.29 is 31.8 Å². The first kappa shape index (κ1) is 24.0. The number of nitrogens with zero attached hydrogens (tertiary/aromatic N) is 3. The summed E-state index contributed by atoms with van der Waals surface area (Å²) in [6.07, 6.45) is -4.78. The highest BCUT2D eigenvalue weighted by Gasteiger charge is 2.35. The number of carbonyl (C=O) groups excluding carboxylic acids is 1. The lowest BCUT2D eigenvalue weighted by atomic mass is 10.1. The molecule has 0 radical (unpaired) electrons. The van der Waals surface area contributed by atoms with Gasteiger partial charge in [-0.25, -0.2) is 13.9 Å². The van der Waals surface area contributed by atoms with Crippen molar-refractivity contribution in [2.24, 2.45) is 0 Å². The van der Waals surface area contributed by atoms with Gasteiger partial charge in [-0.05, 0) is 55.5 Å². The number of ether oxygens (including phenoxy) is 2. The van der Waals surface area contributed by atoms with Crippen LogP contribution in [0.4, 0.5) is 17.6 Å². The van der Waals surface area contributed by atoms with Crippen molar-refractivity contribution in [1.82, 2.24) is 19.9 Å². The molecule has 7 nitrogen and oxygen atoms in total. The molecule has 2 aromatic heterocycles. The number of nitrogens with one attached hydrogen (secondary N) is 1. The molecule has 1 N–H and O–H groups in total. The molecule has 0 saturated carbocycles. The van der Waals surface area contributed by atoms with Crippen molar-refractivity contribution in [3.8, 4) is 22.8 Å². The summed E-state index contributed by atoms with van der Waals surface area (Å²) in [5, 5.41) is 6.57. The molecule has 35 heavy (non-hydrogen) atoms. The van der Waals surface area contributed by atoms with Crippen molar-refractivity contribution in [3.63, 3.8) is 0 Å². The van der Waals surface area contributed by atoms with Gasteiger partial charge in [-0.2, -0.15) is 18.3 Å². The second-order valence-electron chi connectivity index (χ2n) is 7.63. The van der Waals surface area contributed by atoms with Crippen LogP contribution in [0.15, 0.2) is 54.6 Å². The predicted molar refractivity (Wildman–Crippen MR) is 119 cm³/mol. The highest BCUT2D eigenvalue weighted by Crippen LogP contribution is 2.33. The molecular weight excluding hydrogens is 468 g/mol. The maximum atomic E-state index is 13.8. The lowest BCUT2D eigenvalue weighted by Crippen LogP contribution is -2.27. The normalized spacial score (nSPS) is 12.4. The second kappa shape index (κ2) is 9.24. The fourth-order valence-corrected chi connectivity index (χ4v) is 3.58. The Bertz CT molecular complexity index is 1380. The number of carbonyl (C=O) groups is 1. The molecule has 4 rings (SSSR count). The Balaban J connectivity index is 1.71. The van der Waals surface area contributed by atoms with Crippen LogP contribution in [-0.4, -0.2) is 34.7 Å². The maximum absolute atomic E-state index is 13.8. The molecule has 0 aliphatic heterocycles. The van der Waals surface area contributed by atoms with E-state index in [0.29, 0.717) is 21.6 Å². The Morgan fingerprint density at radius 2 is 1.74 bits per heavy atom. The summed E-state index contributed by atoms with van der Waals surface area (Å²) in [4.78, 5) is 17.1. The fraction of sp³-hybridized carbons (Fsp3) is 0.208. The minimum absolute atomic E-state index is 0.0360. The highest BCUT2D eigenvalue weighted by atomic mass is 19.4. The topological polar surface area (TPSA) is 77.8 Å².